The molecular formula is C17H27NO3. The van der Waals surface area contributed by atoms with Gasteiger partial charge in [0.2, 0.25) is 0 Å². The van der Waals surface area contributed by atoms with Crippen LogP contribution in [0, 0.1) is 0 Å². The van der Waals surface area contributed by atoms with Crippen molar-refractivity contribution in [2.75, 3.05) is 20.3 Å². The Bertz CT molecular complexity index is 434. The number of nitrogens with one attached hydrogen (secondary N) is 1. The van der Waals surface area contributed by atoms with Crippen molar-refractivity contribution in [1.29, 1.82) is 0 Å². The van der Waals surface area contributed by atoms with E-state index >= 15 is 0 Å². The van der Waals surface area contributed by atoms with E-state index in [1.807, 2.05) is 0 Å². The van der Waals surface area contributed by atoms with Gasteiger partial charge in [0.15, 0.2) is 0 Å². The SMILES string of the molecule is COCCNC(CC(=O)O)Cc1ccc(C(C)(C)C)cc1. The zero-order valence-electron chi connectivity index (χ0n) is 13.5. The second kappa shape index (κ2) is 8.15. The van der Waals surface area contributed by atoms with E-state index in [9.17, 15) is 4.79 Å². The number of methoxy groups -OCH3 is 1. The second-order valence-electron chi connectivity index (χ2n) is 6.39. The summed E-state index contributed by atoms with van der Waals surface area (Å²) in [6.07, 6.45) is 0.825. The third-order valence-electron chi connectivity index (χ3n) is 3.46. The summed E-state index contributed by atoms with van der Waals surface area (Å²) in [6, 6.07) is 8.36. The van der Waals surface area contributed by atoms with Gasteiger partial charge in [0, 0.05) is 19.7 Å². The number of ether oxygens (including phenoxy) is 1. The molecular weight excluding hydrogens is 266 g/mol. The molecule has 0 saturated carbocycles. The molecule has 0 bridgehead atoms. The minimum atomic E-state index is -0.781. The van der Waals surface area contributed by atoms with Crippen LogP contribution in [0.3, 0.4) is 0 Å². The molecule has 1 aromatic carbocycles. The Morgan fingerprint density at radius 1 is 1.29 bits per heavy atom. The molecule has 1 unspecified atom stereocenters. The molecule has 0 aliphatic heterocycles. The van der Waals surface area contributed by atoms with E-state index < -0.39 is 5.97 Å². The Labute approximate surface area is 127 Å². The highest BCUT2D eigenvalue weighted by Crippen LogP contribution is 2.22. The molecule has 0 radical (unpaired) electrons. The van der Waals surface area contributed by atoms with Gasteiger partial charge in [-0.2, -0.15) is 0 Å². The number of rotatable bonds is 8. The summed E-state index contributed by atoms with van der Waals surface area (Å²) in [5.74, 6) is -0.781. The van der Waals surface area contributed by atoms with Crippen molar-refractivity contribution in [2.24, 2.45) is 0 Å². The maximum absolute atomic E-state index is 10.9. The summed E-state index contributed by atoms with van der Waals surface area (Å²) in [4.78, 5) is 10.9. The van der Waals surface area contributed by atoms with Gasteiger partial charge in [-0.15, -0.1) is 0 Å². The van der Waals surface area contributed by atoms with E-state index in [0.717, 1.165) is 5.56 Å². The van der Waals surface area contributed by atoms with Crippen molar-refractivity contribution in [3.63, 3.8) is 0 Å². The van der Waals surface area contributed by atoms with Gasteiger partial charge in [-0.1, -0.05) is 45.0 Å². The summed E-state index contributed by atoms with van der Waals surface area (Å²) >= 11 is 0. The van der Waals surface area contributed by atoms with Crippen LogP contribution in [-0.2, 0) is 21.4 Å². The number of hydrogen-bond acceptors (Lipinski definition) is 3. The van der Waals surface area contributed by atoms with Crippen LogP contribution in [0.4, 0.5) is 0 Å². The van der Waals surface area contributed by atoms with Crippen molar-refractivity contribution < 1.29 is 14.6 Å². The molecule has 0 aliphatic rings. The molecule has 0 saturated heterocycles. The number of hydrogen-bond donors (Lipinski definition) is 2. The van der Waals surface area contributed by atoms with Crippen LogP contribution in [-0.4, -0.2) is 37.4 Å². The van der Waals surface area contributed by atoms with Gasteiger partial charge in [0.05, 0.1) is 13.0 Å². The summed E-state index contributed by atoms with van der Waals surface area (Å²) in [5, 5.41) is 12.2. The van der Waals surface area contributed by atoms with Crippen LogP contribution >= 0.6 is 0 Å². The Hall–Kier alpha value is -1.39. The molecule has 0 aliphatic carbocycles. The summed E-state index contributed by atoms with van der Waals surface area (Å²) < 4.78 is 4.99. The van der Waals surface area contributed by atoms with Gasteiger partial charge >= 0.3 is 5.97 Å². The van der Waals surface area contributed by atoms with E-state index in [1.165, 1.54) is 5.56 Å². The second-order valence-corrected chi connectivity index (χ2v) is 6.39. The summed E-state index contributed by atoms with van der Waals surface area (Å²) in [6.45, 7) is 7.79. The smallest absolute Gasteiger partial charge is 0.304 e. The van der Waals surface area contributed by atoms with E-state index in [-0.39, 0.29) is 17.9 Å². The molecule has 0 amide bonds. The monoisotopic (exact) mass is 293 g/mol. The van der Waals surface area contributed by atoms with Crippen molar-refractivity contribution in [3.8, 4) is 0 Å². The molecule has 1 rings (SSSR count). The number of carboxylic acids is 1. The minimum Gasteiger partial charge on any atom is -0.481 e. The lowest BCUT2D eigenvalue weighted by molar-refractivity contribution is -0.137. The molecule has 1 atom stereocenters. The van der Waals surface area contributed by atoms with Crippen LogP contribution in [0.15, 0.2) is 24.3 Å². The minimum absolute atomic E-state index is 0.0712. The van der Waals surface area contributed by atoms with Crippen molar-refractivity contribution in [3.05, 3.63) is 35.4 Å². The number of carboxylic acid groups (broad SMARTS) is 1. The van der Waals surface area contributed by atoms with E-state index in [1.54, 1.807) is 7.11 Å². The average Bonchev–Trinajstić information content (AvgIpc) is 2.37. The molecule has 4 heteroatoms. The molecule has 0 aromatic heterocycles. The average molecular weight is 293 g/mol. The maximum atomic E-state index is 10.9. The Morgan fingerprint density at radius 3 is 2.38 bits per heavy atom. The lowest BCUT2D eigenvalue weighted by Gasteiger charge is -2.20. The van der Waals surface area contributed by atoms with E-state index in [0.29, 0.717) is 19.6 Å². The molecule has 2 N–H and O–H groups in total. The predicted octanol–water partition coefficient (Wildman–Crippen LogP) is 2.61. The van der Waals surface area contributed by atoms with Gasteiger partial charge in [0.1, 0.15) is 0 Å². The molecule has 0 fully saturated rings. The molecule has 4 nitrogen and oxygen atoms in total. The van der Waals surface area contributed by atoms with Crippen molar-refractivity contribution >= 4 is 5.97 Å². The first-order chi connectivity index (χ1) is 9.82. The number of aliphatic carboxylic acids is 1. The van der Waals surface area contributed by atoms with Gasteiger partial charge in [-0.05, 0) is 23.0 Å². The van der Waals surface area contributed by atoms with E-state index in [2.05, 4.69) is 50.4 Å². The number of carbonyl (C=O) groups is 1. The Morgan fingerprint density at radius 2 is 1.90 bits per heavy atom. The lowest BCUT2D eigenvalue weighted by atomic mass is 9.86. The highest BCUT2D eigenvalue weighted by atomic mass is 16.5. The number of benzene rings is 1. The van der Waals surface area contributed by atoms with Gasteiger partial charge in [-0.3, -0.25) is 4.79 Å². The van der Waals surface area contributed by atoms with Crippen LogP contribution in [0.1, 0.15) is 38.3 Å². The molecule has 0 heterocycles. The van der Waals surface area contributed by atoms with Crippen molar-refractivity contribution in [2.45, 2.75) is 45.1 Å². The Balaban J connectivity index is 2.66. The maximum Gasteiger partial charge on any atom is 0.304 e. The normalized spacial score (nSPS) is 13.1. The van der Waals surface area contributed by atoms with Gasteiger partial charge < -0.3 is 15.2 Å². The predicted molar refractivity (Wildman–Crippen MR) is 84.8 cm³/mol. The third-order valence-corrected chi connectivity index (χ3v) is 3.46. The standard InChI is InChI=1S/C17H27NO3/c1-17(2,3)14-7-5-13(6-8-14)11-15(12-16(19)20)18-9-10-21-4/h5-8,15,18H,9-12H2,1-4H3,(H,19,20). The highest BCUT2D eigenvalue weighted by molar-refractivity contribution is 5.67. The topological polar surface area (TPSA) is 58.6 Å². The quantitative estimate of drug-likeness (QED) is 0.723. The van der Waals surface area contributed by atoms with Gasteiger partial charge in [0.25, 0.3) is 0 Å². The summed E-state index contributed by atoms with van der Waals surface area (Å²) in [5.41, 5.74) is 2.57. The van der Waals surface area contributed by atoms with Crippen LogP contribution < -0.4 is 5.32 Å². The third kappa shape index (κ3) is 6.74. The van der Waals surface area contributed by atoms with E-state index in [4.69, 9.17) is 9.84 Å². The van der Waals surface area contributed by atoms with Crippen LogP contribution in [0.2, 0.25) is 0 Å². The lowest BCUT2D eigenvalue weighted by Crippen LogP contribution is -2.35. The first-order valence-electron chi connectivity index (χ1n) is 7.36. The zero-order valence-corrected chi connectivity index (χ0v) is 13.5. The van der Waals surface area contributed by atoms with Crippen LogP contribution in [0.5, 0.6) is 0 Å². The Kier molecular flexibility index (Phi) is 6.85. The molecule has 0 spiro atoms. The molecule has 21 heavy (non-hydrogen) atoms. The largest absolute Gasteiger partial charge is 0.481 e. The fourth-order valence-corrected chi connectivity index (χ4v) is 2.22. The van der Waals surface area contributed by atoms with Crippen molar-refractivity contribution in [1.82, 2.24) is 5.32 Å². The summed E-state index contributed by atoms with van der Waals surface area (Å²) in [7, 11) is 1.64. The molecule has 1 aromatic rings. The first kappa shape index (κ1) is 17.7. The zero-order chi connectivity index (χ0) is 15.9. The first-order valence-corrected chi connectivity index (χ1v) is 7.36. The highest BCUT2D eigenvalue weighted by Gasteiger charge is 2.15. The van der Waals surface area contributed by atoms with Crippen LogP contribution in [0.25, 0.3) is 0 Å². The fraction of sp³-hybridized carbons (Fsp3) is 0.588. The fourth-order valence-electron chi connectivity index (χ4n) is 2.22. The molecule has 118 valence electrons. The van der Waals surface area contributed by atoms with Gasteiger partial charge in [-0.25, -0.2) is 0 Å².